The SMILES string of the molecule is CCNCCCc1c(C)nn(C2CCCCC2)c1C. The lowest BCUT2D eigenvalue weighted by molar-refractivity contribution is 0.324. The van der Waals surface area contributed by atoms with Crippen molar-refractivity contribution in [2.75, 3.05) is 13.1 Å². The minimum Gasteiger partial charge on any atom is -0.317 e. The van der Waals surface area contributed by atoms with Crippen molar-refractivity contribution in [1.29, 1.82) is 0 Å². The van der Waals surface area contributed by atoms with Crippen LogP contribution in [0.5, 0.6) is 0 Å². The summed E-state index contributed by atoms with van der Waals surface area (Å²) in [4.78, 5) is 0. The number of hydrogen-bond donors (Lipinski definition) is 1. The molecule has 0 bridgehead atoms. The molecule has 108 valence electrons. The molecule has 19 heavy (non-hydrogen) atoms. The van der Waals surface area contributed by atoms with E-state index in [1.807, 2.05) is 0 Å². The first kappa shape index (κ1) is 14.6. The molecule has 1 saturated carbocycles. The van der Waals surface area contributed by atoms with E-state index in [0.717, 1.165) is 19.5 Å². The third kappa shape index (κ3) is 3.59. The predicted octanol–water partition coefficient (Wildman–Crippen LogP) is 3.55. The van der Waals surface area contributed by atoms with Crippen LogP contribution in [0.2, 0.25) is 0 Å². The lowest BCUT2D eigenvalue weighted by Gasteiger charge is -2.23. The normalized spacial score (nSPS) is 17.0. The van der Waals surface area contributed by atoms with Crippen LogP contribution < -0.4 is 5.32 Å². The Bertz CT molecular complexity index is 389. The van der Waals surface area contributed by atoms with Gasteiger partial charge in [0.25, 0.3) is 0 Å². The maximum Gasteiger partial charge on any atom is 0.0628 e. The number of nitrogens with one attached hydrogen (secondary N) is 1. The molecule has 0 amide bonds. The van der Waals surface area contributed by atoms with Crippen molar-refractivity contribution in [3.63, 3.8) is 0 Å². The Morgan fingerprint density at radius 3 is 2.63 bits per heavy atom. The van der Waals surface area contributed by atoms with Gasteiger partial charge >= 0.3 is 0 Å². The van der Waals surface area contributed by atoms with Gasteiger partial charge in [-0.05, 0) is 58.2 Å². The van der Waals surface area contributed by atoms with E-state index in [-0.39, 0.29) is 0 Å². The van der Waals surface area contributed by atoms with E-state index in [4.69, 9.17) is 5.10 Å². The lowest BCUT2D eigenvalue weighted by Crippen LogP contribution is -2.16. The van der Waals surface area contributed by atoms with E-state index in [1.54, 1.807) is 0 Å². The molecule has 0 saturated heterocycles. The molecule has 0 atom stereocenters. The molecular weight excluding hydrogens is 234 g/mol. The van der Waals surface area contributed by atoms with Crippen molar-refractivity contribution in [2.24, 2.45) is 0 Å². The Morgan fingerprint density at radius 2 is 1.95 bits per heavy atom. The maximum atomic E-state index is 4.83. The van der Waals surface area contributed by atoms with Gasteiger partial charge < -0.3 is 5.32 Å². The number of nitrogens with zero attached hydrogens (tertiary/aromatic N) is 2. The zero-order chi connectivity index (χ0) is 13.7. The number of hydrogen-bond acceptors (Lipinski definition) is 2. The Morgan fingerprint density at radius 1 is 1.21 bits per heavy atom. The second-order valence-corrected chi connectivity index (χ2v) is 5.84. The summed E-state index contributed by atoms with van der Waals surface area (Å²) in [5.74, 6) is 0. The van der Waals surface area contributed by atoms with Gasteiger partial charge in [0.15, 0.2) is 0 Å². The van der Waals surface area contributed by atoms with Crippen LogP contribution in [0.1, 0.15) is 68.4 Å². The largest absolute Gasteiger partial charge is 0.317 e. The molecule has 2 rings (SSSR count). The number of aryl methyl sites for hydroxylation is 1. The summed E-state index contributed by atoms with van der Waals surface area (Å²) in [6.07, 6.45) is 9.17. The molecule has 1 fully saturated rings. The van der Waals surface area contributed by atoms with Crippen molar-refractivity contribution in [3.05, 3.63) is 17.0 Å². The minimum absolute atomic E-state index is 0.662. The summed E-state index contributed by atoms with van der Waals surface area (Å²) in [6.45, 7) is 8.78. The first-order valence-electron chi connectivity index (χ1n) is 7.99. The average molecular weight is 263 g/mol. The monoisotopic (exact) mass is 263 g/mol. The van der Waals surface area contributed by atoms with Gasteiger partial charge in [-0.3, -0.25) is 4.68 Å². The summed E-state index contributed by atoms with van der Waals surface area (Å²) in [5.41, 5.74) is 4.16. The predicted molar refractivity (Wildman–Crippen MR) is 80.7 cm³/mol. The molecule has 1 N–H and O–H groups in total. The van der Waals surface area contributed by atoms with Crippen molar-refractivity contribution in [2.45, 2.75) is 71.8 Å². The Hall–Kier alpha value is -0.830. The van der Waals surface area contributed by atoms with E-state index >= 15 is 0 Å². The maximum absolute atomic E-state index is 4.83. The van der Waals surface area contributed by atoms with Crippen LogP contribution in [-0.4, -0.2) is 22.9 Å². The first-order chi connectivity index (χ1) is 9.24. The summed E-state index contributed by atoms with van der Waals surface area (Å²) in [6, 6.07) is 0.662. The highest BCUT2D eigenvalue weighted by molar-refractivity contribution is 5.25. The summed E-state index contributed by atoms with van der Waals surface area (Å²) >= 11 is 0. The molecule has 0 radical (unpaired) electrons. The van der Waals surface area contributed by atoms with Crippen LogP contribution in [0.25, 0.3) is 0 Å². The molecule has 0 spiro atoms. The second-order valence-electron chi connectivity index (χ2n) is 5.84. The van der Waals surface area contributed by atoms with Gasteiger partial charge in [0.1, 0.15) is 0 Å². The van der Waals surface area contributed by atoms with Gasteiger partial charge in [0, 0.05) is 5.69 Å². The zero-order valence-corrected chi connectivity index (χ0v) is 12.8. The van der Waals surface area contributed by atoms with Gasteiger partial charge in [-0.1, -0.05) is 26.2 Å². The molecule has 0 aliphatic heterocycles. The molecule has 1 heterocycles. The topological polar surface area (TPSA) is 29.9 Å². The molecule has 0 unspecified atom stereocenters. The van der Waals surface area contributed by atoms with Crippen LogP contribution >= 0.6 is 0 Å². The smallest absolute Gasteiger partial charge is 0.0628 e. The third-order valence-corrected chi connectivity index (χ3v) is 4.43. The van der Waals surface area contributed by atoms with Crippen LogP contribution in [0.4, 0.5) is 0 Å². The highest BCUT2D eigenvalue weighted by atomic mass is 15.3. The molecule has 0 aromatic carbocycles. The summed E-state index contributed by atoms with van der Waals surface area (Å²) in [7, 11) is 0. The molecular formula is C16H29N3. The average Bonchev–Trinajstić information content (AvgIpc) is 2.72. The minimum atomic E-state index is 0.662. The van der Waals surface area contributed by atoms with Gasteiger partial charge in [-0.15, -0.1) is 0 Å². The molecule has 3 heteroatoms. The second kappa shape index (κ2) is 7.09. The third-order valence-electron chi connectivity index (χ3n) is 4.43. The van der Waals surface area contributed by atoms with Gasteiger partial charge in [-0.25, -0.2) is 0 Å². The first-order valence-corrected chi connectivity index (χ1v) is 7.99. The summed E-state index contributed by atoms with van der Waals surface area (Å²) < 4.78 is 2.33. The van der Waals surface area contributed by atoms with Crippen LogP contribution in [0, 0.1) is 13.8 Å². The lowest BCUT2D eigenvalue weighted by atomic mass is 9.95. The Labute approximate surface area is 117 Å². The molecule has 1 aliphatic carbocycles. The van der Waals surface area contributed by atoms with E-state index < -0.39 is 0 Å². The van der Waals surface area contributed by atoms with Gasteiger partial charge in [-0.2, -0.15) is 5.10 Å². The Kier molecular flexibility index (Phi) is 5.44. The summed E-state index contributed by atoms with van der Waals surface area (Å²) in [5, 5.41) is 8.23. The van der Waals surface area contributed by atoms with Crippen molar-refractivity contribution in [3.8, 4) is 0 Å². The van der Waals surface area contributed by atoms with Crippen LogP contribution in [0.15, 0.2) is 0 Å². The van der Waals surface area contributed by atoms with Gasteiger partial charge in [0.05, 0.1) is 11.7 Å². The number of aromatic nitrogens is 2. The standard InChI is InChI=1S/C16H29N3/c1-4-17-12-8-11-16-13(2)18-19(14(16)3)15-9-6-5-7-10-15/h15,17H,4-12H2,1-3H3. The van der Waals surface area contributed by atoms with Crippen LogP contribution in [-0.2, 0) is 6.42 Å². The highest BCUT2D eigenvalue weighted by Crippen LogP contribution is 2.30. The molecule has 3 nitrogen and oxygen atoms in total. The van der Waals surface area contributed by atoms with E-state index in [0.29, 0.717) is 6.04 Å². The van der Waals surface area contributed by atoms with E-state index in [9.17, 15) is 0 Å². The fourth-order valence-electron chi connectivity index (χ4n) is 3.31. The van der Waals surface area contributed by atoms with Crippen LogP contribution in [0.3, 0.4) is 0 Å². The van der Waals surface area contributed by atoms with E-state index in [2.05, 4.69) is 30.8 Å². The van der Waals surface area contributed by atoms with Crippen molar-refractivity contribution >= 4 is 0 Å². The highest BCUT2D eigenvalue weighted by Gasteiger charge is 2.20. The van der Waals surface area contributed by atoms with Crippen molar-refractivity contribution < 1.29 is 0 Å². The fourth-order valence-corrected chi connectivity index (χ4v) is 3.31. The quantitative estimate of drug-likeness (QED) is 0.796. The Balaban J connectivity index is 2.01. The van der Waals surface area contributed by atoms with Gasteiger partial charge in [0.2, 0.25) is 0 Å². The molecule has 1 aliphatic rings. The number of rotatable bonds is 6. The fraction of sp³-hybridized carbons (Fsp3) is 0.812. The molecule has 1 aromatic heterocycles. The molecule has 1 aromatic rings. The van der Waals surface area contributed by atoms with E-state index in [1.165, 1.54) is 55.5 Å². The van der Waals surface area contributed by atoms with Crippen molar-refractivity contribution in [1.82, 2.24) is 15.1 Å². The zero-order valence-electron chi connectivity index (χ0n) is 12.8.